The number of halogens is 6. The molecule has 0 saturated carbocycles. The summed E-state index contributed by atoms with van der Waals surface area (Å²) in [7, 11) is 0. The van der Waals surface area contributed by atoms with Crippen molar-refractivity contribution in [1.82, 2.24) is 0 Å². The van der Waals surface area contributed by atoms with Crippen LogP contribution in [-0.4, -0.2) is 33.0 Å². The van der Waals surface area contributed by atoms with Gasteiger partial charge in [0.2, 0.25) is 7.59 Å². The van der Waals surface area contributed by atoms with Gasteiger partial charge in [-0.1, -0.05) is 79.8 Å². The number of ether oxygens (including phenoxy) is 2. The monoisotopic (exact) mass is 378 g/mol. The number of nitrogens with zero attached hydrogens (tertiary/aromatic N) is 2. The van der Waals surface area contributed by atoms with Gasteiger partial charge in [-0.2, -0.15) is 0 Å². The van der Waals surface area contributed by atoms with E-state index in [-0.39, 0.29) is 0 Å². The predicted molar refractivity (Wildman–Crippen MR) is 68.1 cm³/mol. The van der Waals surface area contributed by atoms with Crippen molar-refractivity contribution >= 4 is 81.8 Å². The molecular weight excluding hydrogens is 377 g/mol. The van der Waals surface area contributed by atoms with Gasteiger partial charge in [0.1, 0.15) is 13.2 Å². The zero-order valence-corrected chi connectivity index (χ0v) is 12.7. The van der Waals surface area contributed by atoms with E-state index in [4.69, 9.17) is 69.6 Å². The lowest BCUT2D eigenvalue weighted by Gasteiger charge is -2.09. The molecule has 0 fully saturated rings. The summed E-state index contributed by atoms with van der Waals surface area (Å²) in [5, 5.41) is 5.62. The molecule has 0 N–H and O–H groups in total. The smallest absolute Gasteiger partial charge is 0.442 e. The van der Waals surface area contributed by atoms with Gasteiger partial charge in [-0.25, -0.2) is 9.59 Å². The summed E-state index contributed by atoms with van der Waals surface area (Å²) in [5.41, 5.74) is 0. The highest BCUT2D eigenvalue weighted by molar-refractivity contribution is 6.68. The summed E-state index contributed by atoms with van der Waals surface area (Å²) in [6.45, 7) is -1.11. The molecule has 0 aliphatic heterocycles. The van der Waals surface area contributed by atoms with Crippen LogP contribution in [0.15, 0.2) is 10.2 Å². The van der Waals surface area contributed by atoms with Crippen LogP contribution in [0.4, 0.5) is 9.59 Å². The molecule has 0 aromatic carbocycles. The third-order valence-electron chi connectivity index (χ3n) is 0.932. The average molecular weight is 381 g/mol. The van der Waals surface area contributed by atoms with Crippen molar-refractivity contribution in [1.29, 1.82) is 0 Å². The van der Waals surface area contributed by atoms with Crippen molar-refractivity contribution in [2.45, 2.75) is 7.59 Å². The summed E-state index contributed by atoms with van der Waals surface area (Å²) in [5.74, 6) is 0. The van der Waals surface area contributed by atoms with Gasteiger partial charge in [0.25, 0.3) is 0 Å². The van der Waals surface area contributed by atoms with Crippen LogP contribution in [0.3, 0.4) is 0 Å². The molecular formula is C6H4Cl6N2O4. The van der Waals surface area contributed by atoms with E-state index in [0.29, 0.717) is 0 Å². The number of rotatable bonds is 2. The van der Waals surface area contributed by atoms with Crippen molar-refractivity contribution in [3.8, 4) is 0 Å². The van der Waals surface area contributed by atoms with Crippen molar-refractivity contribution in [2.75, 3.05) is 13.2 Å². The van der Waals surface area contributed by atoms with Crippen LogP contribution in [-0.2, 0) is 9.47 Å². The van der Waals surface area contributed by atoms with Crippen LogP contribution in [0.25, 0.3) is 0 Å². The lowest BCUT2D eigenvalue weighted by Crippen LogP contribution is -2.16. The van der Waals surface area contributed by atoms with Crippen molar-refractivity contribution in [3.05, 3.63) is 0 Å². The maximum atomic E-state index is 10.9. The molecule has 6 nitrogen and oxygen atoms in total. The second-order valence-electron chi connectivity index (χ2n) is 2.54. The molecule has 0 saturated heterocycles. The van der Waals surface area contributed by atoms with Gasteiger partial charge in [0.15, 0.2) is 0 Å². The molecule has 0 bridgehead atoms. The molecule has 0 atom stereocenters. The number of hydrogen-bond acceptors (Lipinski definition) is 4. The zero-order chi connectivity index (χ0) is 14.4. The summed E-state index contributed by atoms with van der Waals surface area (Å²) < 4.78 is 5.06. The van der Waals surface area contributed by atoms with Gasteiger partial charge in [-0.3, -0.25) is 0 Å². The Bertz CT molecular complexity index is 304. The molecule has 0 heterocycles. The fourth-order valence-corrected chi connectivity index (χ4v) is 0.754. The molecule has 0 aromatic rings. The Labute approximate surface area is 131 Å². The molecule has 0 aliphatic carbocycles. The van der Waals surface area contributed by atoms with Crippen LogP contribution in [0.5, 0.6) is 0 Å². The summed E-state index contributed by atoms with van der Waals surface area (Å²) in [4.78, 5) is 21.7. The van der Waals surface area contributed by atoms with Gasteiger partial charge in [0, 0.05) is 0 Å². The molecule has 0 aliphatic rings. The number of carbonyl (C=O) groups is 2. The van der Waals surface area contributed by atoms with E-state index in [2.05, 4.69) is 19.7 Å². The van der Waals surface area contributed by atoms with E-state index < -0.39 is 33.0 Å². The Morgan fingerprint density at radius 1 is 0.778 bits per heavy atom. The van der Waals surface area contributed by atoms with Gasteiger partial charge >= 0.3 is 12.2 Å². The Kier molecular flexibility index (Phi) is 7.89. The first kappa shape index (κ1) is 18.3. The summed E-state index contributed by atoms with van der Waals surface area (Å²) in [6, 6.07) is 0. The lowest BCUT2D eigenvalue weighted by atomic mass is 10.8. The van der Waals surface area contributed by atoms with Crippen molar-refractivity contribution < 1.29 is 19.1 Å². The van der Waals surface area contributed by atoms with E-state index in [1.165, 1.54) is 0 Å². The third-order valence-corrected chi connectivity index (χ3v) is 1.59. The highest BCUT2D eigenvalue weighted by Gasteiger charge is 2.23. The molecule has 104 valence electrons. The summed E-state index contributed by atoms with van der Waals surface area (Å²) >= 11 is 31.7. The topological polar surface area (TPSA) is 77.3 Å². The van der Waals surface area contributed by atoms with Gasteiger partial charge in [-0.05, 0) is 0 Å². The van der Waals surface area contributed by atoms with E-state index >= 15 is 0 Å². The zero-order valence-electron chi connectivity index (χ0n) is 8.21. The quantitative estimate of drug-likeness (QED) is 0.523. The number of amides is 2. The van der Waals surface area contributed by atoms with Crippen molar-refractivity contribution in [2.24, 2.45) is 10.2 Å². The first-order valence-electron chi connectivity index (χ1n) is 3.88. The molecule has 0 spiro atoms. The molecule has 12 heteroatoms. The maximum absolute atomic E-state index is 10.9. The largest absolute Gasteiger partial charge is 0.452 e. The van der Waals surface area contributed by atoms with Crippen LogP contribution in [0.2, 0.25) is 0 Å². The van der Waals surface area contributed by atoms with Crippen LogP contribution in [0.1, 0.15) is 0 Å². The lowest BCUT2D eigenvalue weighted by molar-refractivity contribution is 0.148. The molecule has 18 heavy (non-hydrogen) atoms. The highest BCUT2D eigenvalue weighted by atomic mass is 35.6. The first-order chi connectivity index (χ1) is 7.99. The van der Waals surface area contributed by atoms with E-state index in [0.717, 1.165) is 0 Å². The fraction of sp³-hybridized carbons (Fsp3) is 0.667. The van der Waals surface area contributed by atoms with Crippen LogP contribution in [0, 0.1) is 0 Å². The van der Waals surface area contributed by atoms with Crippen LogP contribution < -0.4 is 0 Å². The predicted octanol–water partition coefficient (Wildman–Crippen LogP) is 4.45. The average Bonchev–Trinajstić information content (AvgIpc) is 2.18. The molecule has 0 rings (SSSR count). The minimum Gasteiger partial charge on any atom is -0.442 e. The Morgan fingerprint density at radius 2 is 1.06 bits per heavy atom. The number of carbonyl (C=O) groups excluding carboxylic acids is 2. The SMILES string of the molecule is O=C(N=NC(=O)OCC(Cl)(Cl)Cl)OCC(Cl)(Cl)Cl. The Hall–Kier alpha value is 0.280. The molecule has 0 radical (unpaired) electrons. The number of azo groups is 1. The van der Waals surface area contributed by atoms with Crippen molar-refractivity contribution in [3.63, 3.8) is 0 Å². The van der Waals surface area contributed by atoms with E-state index in [1.54, 1.807) is 0 Å². The van der Waals surface area contributed by atoms with Gasteiger partial charge < -0.3 is 9.47 Å². The minimum absolute atomic E-state index is 0.557. The summed E-state index contributed by atoms with van der Waals surface area (Å²) in [6.07, 6.45) is -2.49. The number of hydrogen-bond donors (Lipinski definition) is 0. The first-order valence-corrected chi connectivity index (χ1v) is 6.15. The van der Waals surface area contributed by atoms with E-state index in [9.17, 15) is 9.59 Å². The molecule has 2 amide bonds. The fourth-order valence-electron chi connectivity index (χ4n) is 0.427. The maximum Gasteiger partial charge on any atom is 0.452 e. The van der Waals surface area contributed by atoms with Gasteiger partial charge in [-0.15, -0.1) is 0 Å². The molecule has 0 unspecified atom stereocenters. The standard InChI is InChI=1S/C6H4Cl6N2O4/c7-5(8,9)1-17-3(15)13-14-4(16)18-2-6(10,11)12/h1-2H2. The normalized spacial score (nSPS) is 12.6. The van der Waals surface area contributed by atoms with Crippen LogP contribution >= 0.6 is 69.6 Å². The van der Waals surface area contributed by atoms with E-state index in [1.807, 2.05) is 0 Å². The minimum atomic E-state index is -1.79. The highest BCUT2D eigenvalue weighted by Crippen LogP contribution is 2.26. The second kappa shape index (κ2) is 7.77. The molecule has 0 aromatic heterocycles. The Balaban J connectivity index is 4.00. The Morgan fingerprint density at radius 3 is 1.28 bits per heavy atom. The number of alkyl halides is 6. The second-order valence-corrected chi connectivity index (χ2v) is 7.57. The third kappa shape index (κ3) is 12.7. The van der Waals surface area contributed by atoms with Gasteiger partial charge in [0.05, 0.1) is 0 Å².